The van der Waals surface area contributed by atoms with Crippen LogP contribution >= 0.6 is 0 Å². The van der Waals surface area contributed by atoms with Crippen LogP contribution in [0.2, 0.25) is 0 Å². The lowest BCUT2D eigenvalue weighted by Gasteiger charge is -2.32. The zero-order valence-corrected chi connectivity index (χ0v) is 13.4. The molecule has 2 rings (SSSR count). The van der Waals surface area contributed by atoms with Crippen LogP contribution in [0.25, 0.3) is 0 Å². The van der Waals surface area contributed by atoms with Gasteiger partial charge in [0, 0.05) is 12.6 Å². The van der Waals surface area contributed by atoms with Crippen molar-refractivity contribution in [1.29, 1.82) is 0 Å². The van der Waals surface area contributed by atoms with Crippen LogP contribution in [0.5, 0.6) is 0 Å². The van der Waals surface area contributed by atoms with E-state index in [1.165, 1.54) is 0 Å². The van der Waals surface area contributed by atoms with Crippen LogP contribution in [0.3, 0.4) is 0 Å². The molecule has 20 heavy (non-hydrogen) atoms. The van der Waals surface area contributed by atoms with Crippen LogP contribution in [0.15, 0.2) is 0 Å². The highest BCUT2D eigenvalue weighted by molar-refractivity contribution is 4.78. The zero-order valence-electron chi connectivity index (χ0n) is 13.4. The maximum atomic E-state index is 6.06. The molecule has 4 nitrogen and oxygen atoms in total. The van der Waals surface area contributed by atoms with Gasteiger partial charge in [-0.15, -0.1) is 0 Å². The fraction of sp³-hybridized carbons (Fsp3) is 1.00. The van der Waals surface area contributed by atoms with E-state index in [0.29, 0.717) is 30.5 Å². The summed E-state index contributed by atoms with van der Waals surface area (Å²) >= 11 is 0. The second-order valence-corrected chi connectivity index (χ2v) is 6.70. The van der Waals surface area contributed by atoms with Crippen molar-refractivity contribution < 1.29 is 14.2 Å². The van der Waals surface area contributed by atoms with Crippen LogP contribution in [0.1, 0.15) is 53.4 Å². The minimum Gasteiger partial charge on any atom is -0.375 e. The molecule has 2 heterocycles. The Kier molecular flexibility index (Phi) is 6.27. The Labute approximate surface area is 123 Å². The van der Waals surface area contributed by atoms with Crippen molar-refractivity contribution in [2.75, 3.05) is 13.2 Å². The Morgan fingerprint density at radius 1 is 1.05 bits per heavy atom. The van der Waals surface area contributed by atoms with Crippen molar-refractivity contribution >= 4 is 0 Å². The largest absolute Gasteiger partial charge is 0.375 e. The van der Waals surface area contributed by atoms with Crippen molar-refractivity contribution in [2.24, 2.45) is 0 Å². The molecule has 0 aromatic rings. The number of ether oxygens (including phenoxy) is 3. The van der Waals surface area contributed by atoms with E-state index in [1.807, 2.05) is 0 Å². The molecule has 4 unspecified atom stereocenters. The molecule has 0 aromatic carbocycles. The Balaban J connectivity index is 1.63. The zero-order chi connectivity index (χ0) is 14.5. The molecule has 2 saturated heterocycles. The van der Waals surface area contributed by atoms with Gasteiger partial charge in [0.2, 0.25) is 0 Å². The van der Waals surface area contributed by atoms with E-state index in [2.05, 4.69) is 33.0 Å². The van der Waals surface area contributed by atoms with Gasteiger partial charge < -0.3 is 19.5 Å². The highest BCUT2D eigenvalue weighted by Crippen LogP contribution is 2.24. The molecule has 4 atom stereocenters. The van der Waals surface area contributed by atoms with E-state index < -0.39 is 0 Å². The molecule has 0 radical (unpaired) electrons. The molecule has 0 saturated carbocycles. The van der Waals surface area contributed by atoms with E-state index in [0.717, 1.165) is 38.8 Å². The summed E-state index contributed by atoms with van der Waals surface area (Å²) in [4.78, 5) is 0. The predicted molar refractivity (Wildman–Crippen MR) is 80.0 cm³/mol. The quantitative estimate of drug-likeness (QED) is 0.814. The van der Waals surface area contributed by atoms with Gasteiger partial charge in [0.05, 0.1) is 37.1 Å². The molecular formula is C16H31NO3. The fourth-order valence-corrected chi connectivity index (χ4v) is 3.14. The van der Waals surface area contributed by atoms with Gasteiger partial charge in [0.1, 0.15) is 0 Å². The van der Waals surface area contributed by atoms with Crippen LogP contribution < -0.4 is 5.32 Å². The van der Waals surface area contributed by atoms with Gasteiger partial charge in [-0.2, -0.15) is 0 Å². The van der Waals surface area contributed by atoms with Gasteiger partial charge in [-0.3, -0.25) is 0 Å². The summed E-state index contributed by atoms with van der Waals surface area (Å²) in [6, 6.07) is 0.527. The Hall–Kier alpha value is -0.160. The Bertz CT molecular complexity index is 275. The first-order valence-corrected chi connectivity index (χ1v) is 8.18. The van der Waals surface area contributed by atoms with E-state index >= 15 is 0 Å². The first kappa shape index (κ1) is 16.2. The summed E-state index contributed by atoms with van der Waals surface area (Å²) in [7, 11) is 0. The summed E-state index contributed by atoms with van der Waals surface area (Å²) < 4.78 is 17.8. The third kappa shape index (κ3) is 5.32. The Morgan fingerprint density at radius 2 is 1.70 bits per heavy atom. The second kappa shape index (κ2) is 7.74. The van der Waals surface area contributed by atoms with E-state index in [9.17, 15) is 0 Å². The van der Waals surface area contributed by atoms with Crippen molar-refractivity contribution in [3.63, 3.8) is 0 Å². The lowest BCUT2D eigenvalue weighted by molar-refractivity contribution is -0.118. The summed E-state index contributed by atoms with van der Waals surface area (Å²) in [5.41, 5.74) is 0. The van der Waals surface area contributed by atoms with Gasteiger partial charge >= 0.3 is 0 Å². The minimum absolute atomic E-state index is 0.280. The molecule has 118 valence electrons. The molecule has 2 fully saturated rings. The molecule has 0 aliphatic carbocycles. The molecule has 2 aliphatic heterocycles. The van der Waals surface area contributed by atoms with Crippen LogP contribution in [-0.2, 0) is 14.2 Å². The van der Waals surface area contributed by atoms with Gasteiger partial charge in [0.15, 0.2) is 0 Å². The molecule has 1 N–H and O–H groups in total. The summed E-state index contributed by atoms with van der Waals surface area (Å²) in [6.07, 6.45) is 5.90. The third-order valence-corrected chi connectivity index (χ3v) is 4.12. The second-order valence-electron chi connectivity index (χ2n) is 6.70. The normalized spacial score (nSPS) is 38.5. The van der Waals surface area contributed by atoms with Crippen molar-refractivity contribution in [3.05, 3.63) is 0 Å². The Morgan fingerprint density at radius 3 is 2.35 bits per heavy atom. The smallest absolute Gasteiger partial charge is 0.0814 e. The predicted octanol–water partition coefficient (Wildman–Crippen LogP) is 2.50. The van der Waals surface area contributed by atoms with Crippen LogP contribution in [-0.4, -0.2) is 49.7 Å². The topological polar surface area (TPSA) is 39.7 Å². The van der Waals surface area contributed by atoms with Crippen molar-refractivity contribution in [2.45, 2.75) is 89.9 Å². The first-order chi connectivity index (χ1) is 9.52. The molecule has 0 aromatic heterocycles. The van der Waals surface area contributed by atoms with E-state index in [4.69, 9.17) is 14.2 Å². The third-order valence-electron chi connectivity index (χ3n) is 4.12. The standard InChI is InChI=1S/C16H31NO3/c1-11(2)17-9-14-5-6-15(20-14)10-18-16-7-12(3)19-13(4)8-16/h11-17H,5-10H2,1-4H3. The monoisotopic (exact) mass is 285 g/mol. The molecule has 0 spiro atoms. The lowest BCUT2D eigenvalue weighted by atomic mass is 10.0. The SMILES string of the molecule is CC(C)NCC1CCC(COC2CC(C)OC(C)C2)O1. The summed E-state index contributed by atoms with van der Waals surface area (Å²) in [6.45, 7) is 10.3. The van der Waals surface area contributed by atoms with Crippen molar-refractivity contribution in [3.8, 4) is 0 Å². The van der Waals surface area contributed by atoms with Gasteiger partial charge in [0.25, 0.3) is 0 Å². The molecule has 4 heteroatoms. The van der Waals surface area contributed by atoms with Crippen LogP contribution in [0.4, 0.5) is 0 Å². The molecule has 0 bridgehead atoms. The number of hydrogen-bond donors (Lipinski definition) is 1. The maximum absolute atomic E-state index is 6.06. The summed E-state index contributed by atoms with van der Waals surface area (Å²) in [5.74, 6) is 0. The first-order valence-electron chi connectivity index (χ1n) is 8.18. The molecule has 2 aliphatic rings. The maximum Gasteiger partial charge on any atom is 0.0814 e. The highest BCUT2D eigenvalue weighted by Gasteiger charge is 2.29. The van der Waals surface area contributed by atoms with E-state index in [1.54, 1.807) is 0 Å². The average Bonchev–Trinajstić information content (AvgIpc) is 2.81. The minimum atomic E-state index is 0.280. The molecular weight excluding hydrogens is 254 g/mol. The number of rotatable bonds is 6. The van der Waals surface area contributed by atoms with E-state index in [-0.39, 0.29) is 6.10 Å². The summed E-state index contributed by atoms with van der Waals surface area (Å²) in [5, 5.41) is 3.44. The van der Waals surface area contributed by atoms with Gasteiger partial charge in [-0.1, -0.05) is 13.8 Å². The van der Waals surface area contributed by atoms with Gasteiger partial charge in [-0.25, -0.2) is 0 Å². The number of nitrogens with one attached hydrogen (secondary N) is 1. The fourth-order valence-electron chi connectivity index (χ4n) is 3.14. The lowest BCUT2D eigenvalue weighted by Crippen LogP contribution is -2.36. The number of hydrogen-bond acceptors (Lipinski definition) is 4. The van der Waals surface area contributed by atoms with Crippen LogP contribution in [0, 0.1) is 0 Å². The average molecular weight is 285 g/mol. The van der Waals surface area contributed by atoms with Crippen molar-refractivity contribution in [1.82, 2.24) is 5.32 Å². The van der Waals surface area contributed by atoms with Gasteiger partial charge in [-0.05, 0) is 39.5 Å². The molecule has 0 amide bonds. The highest BCUT2D eigenvalue weighted by atomic mass is 16.6.